The first-order valence-electron chi connectivity index (χ1n) is 9.48. The molecule has 0 aliphatic rings. The van der Waals surface area contributed by atoms with Gasteiger partial charge in [0.05, 0.1) is 23.6 Å². The van der Waals surface area contributed by atoms with Crippen molar-refractivity contribution in [3.8, 4) is 22.6 Å². The van der Waals surface area contributed by atoms with Gasteiger partial charge < -0.3 is 14.3 Å². The van der Waals surface area contributed by atoms with Crippen molar-refractivity contribution in [3.63, 3.8) is 0 Å². The quantitative estimate of drug-likeness (QED) is 0.449. The summed E-state index contributed by atoms with van der Waals surface area (Å²) in [5.74, 6) is 0.482. The summed E-state index contributed by atoms with van der Waals surface area (Å²) in [5, 5.41) is 7.84. The molecule has 0 atom stereocenters. The third kappa shape index (κ3) is 3.46. The lowest BCUT2D eigenvalue weighted by atomic mass is 10.1. The van der Waals surface area contributed by atoms with E-state index in [-0.39, 0.29) is 5.91 Å². The number of amides is 1. The average molecular weight is 395 g/mol. The van der Waals surface area contributed by atoms with Crippen LogP contribution in [0.2, 0.25) is 0 Å². The molecular weight excluding hydrogens is 378 g/mol. The van der Waals surface area contributed by atoms with E-state index in [4.69, 9.17) is 8.94 Å². The van der Waals surface area contributed by atoms with Gasteiger partial charge in [-0.05, 0) is 35.9 Å². The minimum absolute atomic E-state index is 0.170. The van der Waals surface area contributed by atoms with Crippen LogP contribution in [0.4, 0.5) is 0 Å². The minimum atomic E-state index is -0.170. The molecule has 0 saturated heterocycles. The molecule has 0 spiro atoms. The van der Waals surface area contributed by atoms with E-state index in [0.29, 0.717) is 23.4 Å². The van der Waals surface area contributed by atoms with Crippen molar-refractivity contribution in [2.45, 2.75) is 6.54 Å². The lowest BCUT2D eigenvalue weighted by Gasteiger charge is -2.06. The van der Waals surface area contributed by atoms with Gasteiger partial charge in [-0.1, -0.05) is 41.6 Å². The fourth-order valence-corrected chi connectivity index (χ4v) is 3.27. The first-order valence-corrected chi connectivity index (χ1v) is 9.48. The van der Waals surface area contributed by atoms with Gasteiger partial charge in [-0.15, -0.1) is 0 Å². The Morgan fingerprint density at radius 3 is 2.63 bits per heavy atom. The van der Waals surface area contributed by atoms with Crippen molar-refractivity contribution in [2.24, 2.45) is 0 Å². The van der Waals surface area contributed by atoms with E-state index >= 15 is 0 Å². The van der Waals surface area contributed by atoms with Crippen LogP contribution in [0, 0.1) is 0 Å². The average Bonchev–Trinajstić information content (AvgIpc) is 3.48. The number of aromatic nitrogens is 2. The van der Waals surface area contributed by atoms with E-state index < -0.39 is 0 Å². The van der Waals surface area contributed by atoms with Gasteiger partial charge in [0.2, 0.25) is 0 Å². The number of hydrogen-bond acceptors (Lipinski definition) is 5. The van der Waals surface area contributed by atoms with E-state index in [9.17, 15) is 4.79 Å². The Balaban J connectivity index is 1.32. The summed E-state index contributed by atoms with van der Waals surface area (Å²) in [7, 11) is 0. The summed E-state index contributed by atoms with van der Waals surface area (Å²) in [6, 6.07) is 20.8. The fraction of sp³-hybridized carbons (Fsp3) is 0.0417. The molecule has 3 heterocycles. The van der Waals surface area contributed by atoms with Crippen molar-refractivity contribution in [1.29, 1.82) is 0 Å². The zero-order valence-electron chi connectivity index (χ0n) is 15.9. The molecule has 0 bridgehead atoms. The predicted molar refractivity (Wildman–Crippen MR) is 113 cm³/mol. The highest BCUT2D eigenvalue weighted by Crippen LogP contribution is 2.29. The lowest BCUT2D eigenvalue weighted by molar-refractivity contribution is 0.0951. The number of fused-ring (bicyclic) bond motifs is 1. The van der Waals surface area contributed by atoms with Gasteiger partial charge in [-0.3, -0.25) is 9.78 Å². The van der Waals surface area contributed by atoms with E-state index in [1.54, 1.807) is 30.9 Å². The zero-order chi connectivity index (χ0) is 20.3. The molecule has 1 amide bonds. The van der Waals surface area contributed by atoms with Crippen LogP contribution < -0.4 is 5.32 Å². The summed E-state index contributed by atoms with van der Waals surface area (Å²) in [6.45, 7) is 0.380. The molecule has 6 heteroatoms. The minimum Gasteiger partial charge on any atom is -0.472 e. The van der Waals surface area contributed by atoms with Crippen LogP contribution in [0.5, 0.6) is 0 Å². The Hall–Kier alpha value is -4.19. The van der Waals surface area contributed by atoms with Gasteiger partial charge in [0, 0.05) is 29.4 Å². The predicted octanol–water partition coefficient (Wildman–Crippen LogP) is 5.08. The van der Waals surface area contributed by atoms with Crippen molar-refractivity contribution < 1.29 is 13.7 Å². The molecule has 0 aliphatic carbocycles. The number of pyridine rings is 1. The maximum atomic E-state index is 12.7. The third-order valence-electron chi connectivity index (χ3n) is 4.87. The second-order valence-corrected chi connectivity index (χ2v) is 6.86. The topological polar surface area (TPSA) is 81.2 Å². The number of carbonyl (C=O) groups is 1. The van der Waals surface area contributed by atoms with Crippen LogP contribution in [0.1, 0.15) is 15.9 Å². The Labute approximate surface area is 172 Å². The maximum Gasteiger partial charge on any atom is 0.251 e. The molecule has 5 rings (SSSR count). The van der Waals surface area contributed by atoms with Crippen LogP contribution in [0.15, 0.2) is 94.4 Å². The summed E-state index contributed by atoms with van der Waals surface area (Å²) in [5.41, 5.74) is 4.83. The van der Waals surface area contributed by atoms with Crippen molar-refractivity contribution in [2.75, 3.05) is 0 Å². The molecular formula is C24H17N3O3. The van der Waals surface area contributed by atoms with Crippen LogP contribution in [-0.2, 0) is 6.54 Å². The number of benzene rings is 2. The number of nitrogens with one attached hydrogen (secondary N) is 1. The second kappa shape index (κ2) is 7.67. The number of rotatable bonds is 5. The highest BCUT2D eigenvalue weighted by atomic mass is 16.5. The largest absolute Gasteiger partial charge is 0.472 e. The standard InChI is InChI=1S/C24H17N3O3/c28-24(26-14-16-6-8-21(25-13-16)19-10-11-29-15-19)18-7-9-22-20(12-18)23(30-27-22)17-4-2-1-3-5-17/h1-13,15H,14H2,(H,26,28). The Morgan fingerprint density at radius 2 is 1.87 bits per heavy atom. The van der Waals surface area contributed by atoms with E-state index in [1.165, 1.54) is 0 Å². The van der Waals surface area contributed by atoms with E-state index in [2.05, 4.69) is 15.5 Å². The summed E-state index contributed by atoms with van der Waals surface area (Å²) < 4.78 is 10.6. The first kappa shape index (κ1) is 17.9. The second-order valence-electron chi connectivity index (χ2n) is 6.86. The number of furan rings is 1. The molecule has 146 valence electrons. The van der Waals surface area contributed by atoms with Crippen LogP contribution in [-0.4, -0.2) is 16.0 Å². The smallest absolute Gasteiger partial charge is 0.251 e. The highest BCUT2D eigenvalue weighted by Gasteiger charge is 2.14. The SMILES string of the molecule is O=C(NCc1ccc(-c2ccoc2)nc1)c1ccc2noc(-c3ccccc3)c2c1. The van der Waals surface area contributed by atoms with Gasteiger partial charge in [0.1, 0.15) is 5.52 Å². The summed E-state index contributed by atoms with van der Waals surface area (Å²) in [4.78, 5) is 17.1. The lowest BCUT2D eigenvalue weighted by Crippen LogP contribution is -2.22. The Kier molecular flexibility index (Phi) is 4.57. The highest BCUT2D eigenvalue weighted by molar-refractivity contribution is 6.00. The van der Waals surface area contributed by atoms with Crippen molar-refractivity contribution in [1.82, 2.24) is 15.5 Å². The number of hydrogen-bond donors (Lipinski definition) is 1. The van der Waals surface area contributed by atoms with Crippen molar-refractivity contribution in [3.05, 3.63) is 96.6 Å². The summed E-state index contributed by atoms with van der Waals surface area (Å²) in [6.07, 6.45) is 5.01. The van der Waals surface area contributed by atoms with Gasteiger partial charge in [0.15, 0.2) is 5.76 Å². The van der Waals surface area contributed by atoms with Gasteiger partial charge in [-0.25, -0.2) is 0 Å². The van der Waals surface area contributed by atoms with E-state index in [0.717, 1.165) is 27.8 Å². The molecule has 1 N–H and O–H groups in total. The van der Waals surface area contributed by atoms with Gasteiger partial charge >= 0.3 is 0 Å². The number of nitrogens with zero attached hydrogens (tertiary/aromatic N) is 2. The molecule has 0 saturated carbocycles. The summed E-state index contributed by atoms with van der Waals surface area (Å²) >= 11 is 0. The van der Waals surface area contributed by atoms with Gasteiger partial charge in [0.25, 0.3) is 5.91 Å². The first-order chi connectivity index (χ1) is 14.8. The van der Waals surface area contributed by atoms with Crippen LogP contribution in [0.25, 0.3) is 33.5 Å². The monoisotopic (exact) mass is 395 g/mol. The Bertz CT molecular complexity index is 1290. The molecule has 0 aliphatic heterocycles. The van der Waals surface area contributed by atoms with Crippen molar-refractivity contribution >= 4 is 16.8 Å². The molecule has 2 aromatic carbocycles. The van der Waals surface area contributed by atoms with Crippen LogP contribution >= 0.6 is 0 Å². The van der Waals surface area contributed by atoms with E-state index in [1.807, 2.05) is 54.6 Å². The molecule has 0 fully saturated rings. The fourth-order valence-electron chi connectivity index (χ4n) is 3.27. The number of carbonyl (C=O) groups excluding carboxylic acids is 1. The maximum absolute atomic E-state index is 12.7. The molecule has 6 nitrogen and oxygen atoms in total. The molecule has 30 heavy (non-hydrogen) atoms. The zero-order valence-corrected chi connectivity index (χ0v) is 15.9. The Morgan fingerprint density at radius 1 is 0.967 bits per heavy atom. The molecule has 0 radical (unpaired) electrons. The van der Waals surface area contributed by atoms with Gasteiger partial charge in [-0.2, -0.15) is 0 Å². The molecule has 3 aromatic heterocycles. The van der Waals surface area contributed by atoms with Crippen LogP contribution in [0.3, 0.4) is 0 Å². The normalized spacial score (nSPS) is 10.9. The molecule has 0 unspecified atom stereocenters. The third-order valence-corrected chi connectivity index (χ3v) is 4.87. The molecule has 5 aromatic rings.